The largest absolute Gasteiger partial charge is 0.330 e. The van der Waals surface area contributed by atoms with E-state index in [1.807, 2.05) is 0 Å². The predicted octanol–water partition coefficient (Wildman–Crippen LogP) is 1.15. The Morgan fingerprint density at radius 2 is 2.18 bits per heavy atom. The average molecular weight is 254 g/mol. The molecule has 1 aromatic rings. The van der Waals surface area contributed by atoms with Crippen molar-refractivity contribution in [3.63, 3.8) is 0 Å². The van der Waals surface area contributed by atoms with E-state index in [4.69, 9.17) is 5.73 Å². The standard InChI is InChI=1S/C11H18N4OS/c1-11(2,3)9-13-14-10(17-9)15-6-7(5-12)4-8(15)16/h7H,4-6,12H2,1-3H3. The van der Waals surface area contributed by atoms with Crippen molar-refractivity contribution in [3.05, 3.63) is 5.01 Å². The second kappa shape index (κ2) is 4.34. The smallest absolute Gasteiger partial charge is 0.229 e. The monoisotopic (exact) mass is 254 g/mol. The van der Waals surface area contributed by atoms with Crippen LogP contribution in [0.2, 0.25) is 0 Å². The topological polar surface area (TPSA) is 72.1 Å². The van der Waals surface area contributed by atoms with Gasteiger partial charge in [-0.25, -0.2) is 0 Å². The molecule has 0 spiro atoms. The van der Waals surface area contributed by atoms with Crippen LogP contribution in [0.25, 0.3) is 0 Å². The number of carbonyl (C=O) groups is 1. The van der Waals surface area contributed by atoms with Crippen LogP contribution in [-0.2, 0) is 10.2 Å². The van der Waals surface area contributed by atoms with Gasteiger partial charge < -0.3 is 5.73 Å². The minimum Gasteiger partial charge on any atom is -0.330 e. The highest BCUT2D eigenvalue weighted by Gasteiger charge is 2.32. The summed E-state index contributed by atoms with van der Waals surface area (Å²) < 4.78 is 0. The summed E-state index contributed by atoms with van der Waals surface area (Å²) in [6.45, 7) is 7.49. The molecule has 6 heteroatoms. The van der Waals surface area contributed by atoms with Crippen LogP contribution >= 0.6 is 11.3 Å². The van der Waals surface area contributed by atoms with Gasteiger partial charge in [0.25, 0.3) is 0 Å². The molecule has 1 saturated heterocycles. The Morgan fingerprint density at radius 1 is 1.47 bits per heavy atom. The van der Waals surface area contributed by atoms with Crippen molar-refractivity contribution in [2.45, 2.75) is 32.6 Å². The number of nitrogens with zero attached hydrogens (tertiary/aromatic N) is 3. The van der Waals surface area contributed by atoms with Gasteiger partial charge in [-0.3, -0.25) is 9.69 Å². The van der Waals surface area contributed by atoms with Crippen LogP contribution < -0.4 is 10.6 Å². The summed E-state index contributed by atoms with van der Waals surface area (Å²) >= 11 is 1.50. The zero-order valence-corrected chi connectivity index (χ0v) is 11.3. The van der Waals surface area contributed by atoms with Gasteiger partial charge in [0.1, 0.15) is 5.01 Å². The molecule has 0 radical (unpaired) electrons. The highest BCUT2D eigenvalue weighted by Crippen LogP contribution is 2.32. The SMILES string of the molecule is CC(C)(C)c1nnc(N2CC(CN)CC2=O)s1. The minimum absolute atomic E-state index is 0.0219. The zero-order chi connectivity index (χ0) is 12.6. The number of hydrogen-bond donors (Lipinski definition) is 1. The van der Waals surface area contributed by atoms with Crippen molar-refractivity contribution in [1.29, 1.82) is 0 Å². The van der Waals surface area contributed by atoms with E-state index < -0.39 is 0 Å². The summed E-state index contributed by atoms with van der Waals surface area (Å²) in [5.41, 5.74) is 5.58. The molecule has 5 nitrogen and oxygen atoms in total. The van der Waals surface area contributed by atoms with Gasteiger partial charge in [-0.2, -0.15) is 0 Å². The third kappa shape index (κ3) is 2.47. The Morgan fingerprint density at radius 3 is 2.65 bits per heavy atom. The molecule has 1 unspecified atom stereocenters. The second-order valence-electron chi connectivity index (χ2n) is 5.45. The molecule has 0 saturated carbocycles. The number of nitrogens with two attached hydrogens (primary N) is 1. The summed E-state index contributed by atoms with van der Waals surface area (Å²) in [6.07, 6.45) is 0.529. The van der Waals surface area contributed by atoms with Crippen LogP contribution in [0, 0.1) is 5.92 Å². The van der Waals surface area contributed by atoms with Crippen molar-refractivity contribution in [2.75, 3.05) is 18.0 Å². The minimum atomic E-state index is -0.0219. The van der Waals surface area contributed by atoms with Crippen LogP contribution in [0.3, 0.4) is 0 Å². The molecule has 1 amide bonds. The van der Waals surface area contributed by atoms with Gasteiger partial charge >= 0.3 is 0 Å². The number of rotatable bonds is 2. The lowest BCUT2D eigenvalue weighted by molar-refractivity contribution is -0.117. The number of carbonyl (C=O) groups excluding carboxylic acids is 1. The first-order valence-corrected chi connectivity index (χ1v) is 6.58. The van der Waals surface area contributed by atoms with Crippen molar-refractivity contribution in [3.8, 4) is 0 Å². The fourth-order valence-corrected chi connectivity index (χ4v) is 2.68. The average Bonchev–Trinajstić information content (AvgIpc) is 2.82. The Bertz CT molecular complexity index is 423. The van der Waals surface area contributed by atoms with E-state index in [1.165, 1.54) is 11.3 Å². The molecular formula is C11H18N4OS. The van der Waals surface area contributed by atoms with Crippen LogP contribution in [0.1, 0.15) is 32.2 Å². The molecule has 2 N–H and O–H groups in total. The molecular weight excluding hydrogens is 236 g/mol. The van der Waals surface area contributed by atoms with E-state index in [1.54, 1.807) is 4.90 Å². The highest BCUT2D eigenvalue weighted by molar-refractivity contribution is 7.15. The van der Waals surface area contributed by atoms with Gasteiger partial charge in [0.2, 0.25) is 11.0 Å². The fraction of sp³-hybridized carbons (Fsp3) is 0.727. The summed E-state index contributed by atoms with van der Waals surface area (Å²) in [4.78, 5) is 13.5. The fourth-order valence-electron chi connectivity index (χ4n) is 1.75. The Kier molecular flexibility index (Phi) is 3.18. The van der Waals surface area contributed by atoms with Gasteiger partial charge in [0.05, 0.1) is 0 Å². The molecule has 2 rings (SSSR count). The zero-order valence-electron chi connectivity index (χ0n) is 10.4. The molecule has 1 atom stereocenters. The first kappa shape index (κ1) is 12.4. The number of amides is 1. The Labute approximate surface area is 105 Å². The Balaban J connectivity index is 2.19. The summed E-state index contributed by atoms with van der Waals surface area (Å²) in [6, 6.07) is 0. The molecule has 0 bridgehead atoms. The lowest BCUT2D eigenvalue weighted by Crippen LogP contribution is -2.25. The van der Waals surface area contributed by atoms with Crippen molar-refractivity contribution in [2.24, 2.45) is 11.7 Å². The first-order chi connectivity index (χ1) is 7.91. The van der Waals surface area contributed by atoms with Crippen LogP contribution in [0.15, 0.2) is 0 Å². The van der Waals surface area contributed by atoms with Gasteiger partial charge in [-0.1, -0.05) is 32.1 Å². The van der Waals surface area contributed by atoms with E-state index in [-0.39, 0.29) is 17.2 Å². The third-order valence-corrected chi connectivity index (χ3v) is 4.20. The molecule has 0 aromatic carbocycles. The van der Waals surface area contributed by atoms with E-state index >= 15 is 0 Å². The number of aromatic nitrogens is 2. The highest BCUT2D eigenvalue weighted by atomic mass is 32.1. The number of hydrogen-bond acceptors (Lipinski definition) is 5. The summed E-state index contributed by atoms with van der Waals surface area (Å²) in [7, 11) is 0. The van der Waals surface area contributed by atoms with Crippen molar-refractivity contribution in [1.82, 2.24) is 10.2 Å². The van der Waals surface area contributed by atoms with Crippen LogP contribution in [0.5, 0.6) is 0 Å². The second-order valence-corrected chi connectivity index (χ2v) is 6.41. The van der Waals surface area contributed by atoms with Crippen molar-refractivity contribution < 1.29 is 4.79 Å². The van der Waals surface area contributed by atoms with Gasteiger partial charge in [-0.15, -0.1) is 10.2 Å². The maximum absolute atomic E-state index is 11.8. The quantitative estimate of drug-likeness (QED) is 0.859. The molecule has 1 aromatic heterocycles. The first-order valence-electron chi connectivity index (χ1n) is 5.76. The summed E-state index contributed by atoms with van der Waals surface area (Å²) in [5, 5.41) is 9.94. The summed E-state index contributed by atoms with van der Waals surface area (Å²) in [5.74, 6) is 0.363. The molecule has 94 valence electrons. The molecule has 17 heavy (non-hydrogen) atoms. The number of anilines is 1. The van der Waals surface area contributed by atoms with E-state index in [2.05, 4.69) is 31.0 Å². The van der Waals surface area contributed by atoms with Crippen LogP contribution in [-0.4, -0.2) is 29.2 Å². The molecule has 1 aliphatic heterocycles. The molecule has 0 aliphatic carbocycles. The van der Waals surface area contributed by atoms with Crippen molar-refractivity contribution >= 4 is 22.4 Å². The maximum Gasteiger partial charge on any atom is 0.229 e. The molecule has 1 aliphatic rings. The molecule has 2 heterocycles. The molecule has 1 fully saturated rings. The predicted molar refractivity (Wildman–Crippen MR) is 68.1 cm³/mol. The van der Waals surface area contributed by atoms with Gasteiger partial charge in [0, 0.05) is 18.4 Å². The van der Waals surface area contributed by atoms with Gasteiger partial charge in [-0.05, 0) is 12.5 Å². The van der Waals surface area contributed by atoms with Crippen LogP contribution in [0.4, 0.5) is 5.13 Å². The van der Waals surface area contributed by atoms with E-state index in [9.17, 15) is 4.79 Å². The van der Waals surface area contributed by atoms with E-state index in [0.717, 1.165) is 5.01 Å². The van der Waals surface area contributed by atoms with E-state index in [0.29, 0.717) is 24.6 Å². The lowest BCUT2D eigenvalue weighted by Gasteiger charge is -2.13. The Hall–Kier alpha value is -1.01. The maximum atomic E-state index is 11.8. The van der Waals surface area contributed by atoms with Gasteiger partial charge in [0.15, 0.2) is 0 Å². The lowest BCUT2D eigenvalue weighted by atomic mass is 9.98. The third-order valence-electron chi connectivity index (χ3n) is 2.83. The normalized spacial score (nSPS) is 21.3.